The van der Waals surface area contributed by atoms with Crippen molar-refractivity contribution in [1.29, 1.82) is 0 Å². The number of carbonyl (C=O) groups excluding carboxylic acids is 3. The highest BCUT2D eigenvalue weighted by Gasteiger charge is 2.19. The molecular formula is C73H120O6. The summed E-state index contributed by atoms with van der Waals surface area (Å²) in [6.07, 6.45) is 93.4. The molecule has 6 nitrogen and oxygen atoms in total. The fraction of sp³-hybridized carbons (Fsp3) is 0.658. The molecule has 0 aliphatic rings. The molecule has 0 spiro atoms. The van der Waals surface area contributed by atoms with Crippen molar-refractivity contribution in [3.8, 4) is 0 Å². The average molecular weight is 1090 g/mol. The van der Waals surface area contributed by atoms with E-state index in [0.29, 0.717) is 19.3 Å². The van der Waals surface area contributed by atoms with Crippen molar-refractivity contribution in [2.75, 3.05) is 13.2 Å². The van der Waals surface area contributed by atoms with Crippen LogP contribution >= 0.6 is 0 Å². The van der Waals surface area contributed by atoms with Gasteiger partial charge in [-0.15, -0.1) is 0 Å². The van der Waals surface area contributed by atoms with E-state index in [9.17, 15) is 14.4 Å². The van der Waals surface area contributed by atoms with Crippen molar-refractivity contribution in [2.24, 2.45) is 0 Å². The molecule has 0 aliphatic heterocycles. The Kier molecular flexibility index (Phi) is 62.3. The van der Waals surface area contributed by atoms with Crippen LogP contribution in [0.15, 0.2) is 134 Å². The summed E-state index contributed by atoms with van der Waals surface area (Å²) in [4.78, 5) is 38.2. The van der Waals surface area contributed by atoms with Gasteiger partial charge in [0.25, 0.3) is 0 Å². The van der Waals surface area contributed by atoms with Crippen LogP contribution in [0.3, 0.4) is 0 Å². The van der Waals surface area contributed by atoms with E-state index in [4.69, 9.17) is 14.2 Å². The van der Waals surface area contributed by atoms with E-state index in [0.717, 1.165) is 116 Å². The zero-order chi connectivity index (χ0) is 57.1. The van der Waals surface area contributed by atoms with Gasteiger partial charge in [0.2, 0.25) is 0 Å². The lowest BCUT2D eigenvalue weighted by Gasteiger charge is -2.18. The zero-order valence-corrected chi connectivity index (χ0v) is 51.3. The Morgan fingerprint density at radius 3 is 0.823 bits per heavy atom. The second-order valence-electron chi connectivity index (χ2n) is 21.3. The van der Waals surface area contributed by atoms with Gasteiger partial charge in [0.05, 0.1) is 0 Å². The maximum Gasteiger partial charge on any atom is 0.306 e. The third-order valence-corrected chi connectivity index (χ3v) is 13.6. The van der Waals surface area contributed by atoms with Gasteiger partial charge in [-0.2, -0.15) is 0 Å². The van der Waals surface area contributed by atoms with Gasteiger partial charge >= 0.3 is 17.9 Å². The number of rotatable bonds is 58. The maximum atomic E-state index is 12.9. The topological polar surface area (TPSA) is 78.9 Å². The molecule has 1 unspecified atom stereocenters. The first kappa shape index (κ1) is 74.5. The molecule has 0 fully saturated rings. The highest BCUT2D eigenvalue weighted by Crippen LogP contribution is 2.16. The average Bonchev–Trinajstić information content (AvgIpc) is 3.45. The standard InChI is InChI=1S/C73H120O6/c1-4-7-10-13-16-19-22-25-27-29-30-31-32-33-34-35-36-37-38-39-40-41-42-44-45-48-51-54-57-60-63-66-72(75)78-69-70(68-77-71(74)65-62-59-56-53-50-47-24-21-18-15-12-9-6-3)79-73(76)67-64-61-58-55-52-49-46-43-28-26-23-20-17-14-11-8-5-2/h8-9,11-12,17-18,20-22,25-26,28-30,32-33,46-47,49-50,55,58,70H,4-7,10,13-16,19,23-24,27,31,34-45,48,51-54,56-57,59-69H2,1-3H3/b11-8-,12-9-,20-17-,21-18-,25-22-,28-26-,30-29-,33-32-,49-46-,50-47-,58-55-. The third kappa shape index (κ3) is 64.3. The van der Waals surface area contributed by atoms with Gasteiger partial charge in [-0.05, 0) is 128 Å². The summed E-state index contributed by atoms with van der Waals surface area (Å²) in [5.74, 6) is -1.00. The van der Waals surface area contributed by atoms with Crippen LogP contribution in [-0.2, 0) is 28.6 Å². The van der Waals surface area contributed by atoms with Crippen molar-refractivity contribution in [2.45, 2.75) is 297 Å². The molecule has 79 heavy (non-hydrogen) atoms. The first-order valence-electron chi connectivity index (χ1n) is 32.7. The normalized spacial score (nSPS) is 13.0. The molecule has 0 aromatic heterocycles. The summed E-state index contributed by atoms with van der Waals surface area (Å²) in [5.41, 5.74) is 0. The number of unbranched alkanes of at least 4 members (excludes halogenated alkanes) is 25. The summed E-state index contributed by atoms with van der Waals surface area (Å²) in [6.45, 7) is 6.33. The number of allylic oxidation sites excluding steroid dienone is 22. The minimum absolute atomic E-state index is 0.113. The van der Waals surface area contributed by atoms with Gasteiger partial charge in [0.15, 0.2) is 6.10 Å². The molecule has 0 aromatic rings. The van der Waals surface area contributed by atoms with E-state index in [1.807, 2.05) is 0 Å². The lowest BCUT2D eigenvalue weighted by molar-refractivity contribution is -0.167. The molecule has 0 aromatic carbocycles. The largest absolute Gasteiger partial charge is 0.462 e. The quantitative estimate of drug-likeness (QED) is 0.0261. The van der Waals surface area contributed by atoms with Gasteiger partial charge in [0.1, 0.15) is 13.2 Å². The highest BCUT2D eigenvalue weighted by atomic mass is 16.6. The number of ether oxygens (including phenoxy) is 3. The Morgan fingerprint density at radius 2 is 0.506 bits per heavy atom. The highest BCUT2D eigenvalue weighted by molar-refractivity contribution is 5.71. The Morgan fingerprint density at radius 1 is 0.266 bits per heavy atom. The maximum absolute atomic E-state index is 12.9. The van der Waals surface area contributed by atoms with Crippen LogP contribution in [0.4, 0.5) is 0 Å². The van der Waals surface area contributed by atoms with Crippen LogP contribution in [0, 0.1) is 0 Å². The second kappa shape index (κ2) is 66.1. The number of esters is 3. The van der Waals surface area contributed by atoms with Gasteiger partial charge in [-0.3, -0.25) is 14.4 Å². The Balaban J connectivity index is 4.29. The summed E-state index contributed by atoms with van der Waals surface area (Å²) >= 11 is 0. The van der Waals surface area contributed by atoms with E-state index >= 15 is 0 Å². The van der Waals surface area contributed by atoms with E-state index in [2.05, 4.69) is 154 Å². The minimum atomic E-state index is -0.825. The van der Waals surface area contributed by atoms with Gasteiger partial charge < -0.3 is 14.2 Å². The molecule has 448 valence electrons. The summed E-state index contributed by atoms with van der Waals surface area (Å²) in [6, 6.07) is 0. The zero-order valence-electron chi connectivity index (χ0n) is 51.3. The molecular weight excluding hydrogens is 973 g/mol. The molecule has 0 amide bonds. The molecule has 6 heteroatoms. The molecule has 0 N–H and O–H groups in total. The molecule has 0 aliphatic carbocycles. The van der Waals surface area contributed by atoms with Crippen LogP contribution in [-0.4, -0.2) is 37.2 Å². The van der Waals surface area contributed by atoms with Crippen molar-refractivity contribution >= 4 is 17.9 Å². The first-order valence-corrected chi connectivity index (χ1v) is 32.7. The number of carbonyl (C=O) groups is 3. The van der Waals surface area contributed by atoms with Crippen molar-refractivity contribution in [1.82, 2.24) is 0 Å². The van der Waals surface area contributed by atoms with E-state index in [-0.39, 0.29) is 37.5 Å². The number of hydrogen-bond acceptors (Lipinski definition) is 6. The monoisotopic (exact) mass is 1090 g/mol. The fourth-order valence-electron chi connectivity index (χ4n) is 8.79. The van der Waals surface area contributed by atoms with Crippen LogP contribution in [0.1, 0.15) is 290 Å². The van der Waals surface area contributed by atoms with Crippen LogP contribution < -0.4 is 0 Å². The van der Waals surface area contributed by atoms with E-state index in [1.54, 1.807) is 0 Å². The van der Waals surface area contributed by atoms with Crippen LogP contribution in [0.5, 0.6) is 0 Å². The lowest BCUT2D eigenvalue weighted by Crippen LogP contribution is -2.30. The molecule has 0 radical (unpaired) electrons. The molecule has 1 atom stereocenters. The van der Waals surface area contributed by atoms with E-state index < -0.39 is 6.10 Å². The SMILES string of the molecule is CC/C=C\C/C=C\C/C=C\C/C=C\C/C=C\CCCC(=O)OC(COC(=O)CCCCC/C=C\C/C=C\C/C=C\CC)COC(=O)CCCCCCCCCCCCCCCCCC/C=C\C/C=C\C/C=C\CCCCCCC. The Labute approximate surface area is 487 Å². The van der Waals surface area contributed by atoms with Crippen molar-refractivity contribution < 1.29 is 28.6 Å². The molecule has 0 rings (SSSR count). The summed E-state index contributed by atoms with van der Waals surface area (Å²) in [7, 11) is 0. The molecule has 0 bridgehead atoms. The number of hydrogen-bond donors (Lipinski definition) is 0. The molecule has 0 heterocycles. The Bertz CT molecular complexity index is 1680. The predicted octanol–water partition coefficient (Wildman–Crippen LogP) is 22.5. The summed E-state index contributed by atoms with van der Waals surface area (Å²) < 4.78 is 16.8. The van der Waals surface area contributed by atoms with Gasteiger partial charge in [-0.25, -0.2) is 0 Å². The predicted molar refractivity (Wildman–Crippen MR) is 343 cm³/mol. The molecule has 0 saturated heterocycles. The third-order valence-electron chi connectivity index (χ3n) is 13.6. The Hall–Kier alpha value is -4.45. The molecule has 0 saturated carbocycles. The smallest absolute Gasteiger partial charge is 0.306 e. The van der Waals surface area contributed by atoms with Crippen molar-refractivity contribution in [3.63, 3.8) is 0 Å². The fourth-order valence-corrected chi connectivity index (χ4v) is 8.79. The van der Waals surface area contributed by atoms with Crippen LogP contribution in [0.25, 0.3) is 0 Å². The van der Waals surface area contributed by atoms with E-state index in [1.165, 1.54) is 128 Å². The second-order valence-corrected chi connectivity index (χ2v) is 21.3. The first-order chi connectivity index (χ1) is 39.0. The lowest BCUT2D eigenvalue weighted by atomic mass is 10.0. The van der Waals surface area contributed by atoms with Gasteiger partial charge in [0, 0.05) is 19.3 Å². The van der Waals surface area contributed by atoms with Gasteiger partial charge in [-0.1, -0.05) is 276 Å². The minimum Gasteiger partial charge on any atom is -0.462 e. The van der Waals surface area contributed by atoms with Crippen molar-refractivity contribution in [3.05, 3.63) is 134 Å². The summed E-state index contributed by atoms with van der Waals surface area (Å²) in [5, 5.41) is 0. The van der Waals surface area contributed by atoms with Crippen LogP contribution in [0.2, 0.25) is 0 Å².